The van der Waals surface area contributed by atoms with Crippen LogP contribution in [0, 0.1) is 5.82 Å². The Labute approximate surface area is 82.0 Å². The molecule has 0 aliphatic rings. The van der Waals surface area contributed by atoms with Gasteiger partial charge in [0.15, 0.2) is 0 Å². The molecule has 0 radical (unpaired) electrons. The van der Waals surface area contributed by atoms with E-state index in [0.717, 1.165) is 6.07 Å². The van der Waals surface area contributed by atoms with Crippen LogP contribution >= 0.6 is 0 Å². The van der Waals surface area contributed by atoms with Crippen molar-refractivity contribution in [3.63, 3.8) is 0 Å². The highest BCUT2D eigenvalue weighted by Crippen LogP contribution is 2.14. The first-order valence-electron chi connectivity index (χ1n) is 3.82. The van der Waals surface area contributed by atoms with Crippen LogP contribution in [0.15, 0.2) is 36.9 Å². The second kappa shape index (κ2) is 4.23. The molecule has 0 aromatic heterocycles. The molecule has 76 valence electrons. The third-order valence-corrected chi connectivity index (χ3v) is 2.43. The number of rotatable bonds is 4. The zero-order valence-electron chi connectivity index (χ0n) is 7.31. The molecule has 0 saturated carbocycles. The molecule has 5 heteroatoms. The molecule has 0 spiro atoms. The summed E-state index contributed by atoms with van der Waals surface area (Å²) >= 11 is 0. The molecular formula is C9H9FO3S. The van der Waals surface area contributed by atoms with Gasteiger partial charge in [0.2, 0.25) is 0 Å². The molecule has 0 bridgehead atoms. The lowest BCUT2D eigenvalue weighted by atomic mass is 10.3. The number of halogens is 1. The summed E-state index contributed by atoms with van der Waals surface area (Å²) in [4.78, 5) is 0. The molecular weight excluding hydrogens is 207 g/mol. The zero-order valence-corrected chi connectivity index (χ0v) is 8.13. The Kier molecular flexibility index (Phi) is 3.24. The normalized spacial score (nSPS) is 10.9. The Morgan fingerprint density at radius 2 is 2.21 bits per heavy atom. The van der Waals surface area contributed by atoms with Gasteiger partial charge >= 0.3 is 10.1 Å². The van der Waals surface area contributed by atoms with E-state index in [4.69, 9.17) is 0 Å². The van der Waals surface area contributed by atoms with Crippen molar-refractivity contribution in [3.8, 4) is 5.75 Å². The van der Waals surface area contributed by atoms with E-state index < -0.39 is 15.9 Å². The first kappa shape index (κ1) is 10.7. The van der Waals surface area contributed by atoms with E-state index >= 15 is 0 Å². The third kappa shape index (κ3) is 3.18. The molecule has 0 unspecified atom stereocenters. The second-order valence-electron chi connectivity index (χ2n) is 2.55. The van der Waals surface area contributed by atoms with Crippen LogP contribution in [-0.4, -0.2) is 14.2 Å². The summed E-state index contributed by atoms with van der Waals surface area (Å²) in [6.07, 6.45) is 1.20. The molecule has 14 heavy (non-hydrogen) atoms. The number of hydrogen-bond acceptors (Lipinski definition) is 3. The van der Waals surface area contributed by atoms with Crippen molar-refractivity contribution in [2.45, 2.75) is 0 Å². The van der Waals surface area contributed by atoms with Crippen molar-refractivity contribution < 1.29 is 17.0 Å². The van der Waals surface area contributed by atoms with Crippen LogP contribution < -0.4 is 4.18 Å². The van der Waals surface area contributed by atoms with Crippen molar-refractivity contribution in [2.24, 2.45) is 0 Å². The van der Waals surface area contributed by atoms with Crippen LogP contribution in [0.25, 0.3) is 0 Å². The predicted molar refractivity (Wildman–Crippen MR) is 51.0 cm³/mol. The predicted octanol–water partition coefficient (Wildman–Crippen LogP) is 1.72. The zero-order chi connectivity index (χ0) is 10.6. The first-order valence-corrected chi connectivity index (χ1v) is 5.40. The van der Waals surface area contributed by atoms with E-state index in [9.17, 15) is 12.8 Å². The van der Waals surface area contributed by atoms with Crippen molar-refractivity contribution in [1.82, 2.24) is 0 Å². The number of benzene rings is 1. The van der Waals surface area contributed by atoms with Gasteiger partial charge in [-0.15, -0.1) is 6.58 Å². The van der Waals surface area contributed by atoms with E-state index in [2.05, 4.69) is 10.8 Å². The SMILES string of the molecule is C=CCS(=O)(=O)Oc1cccc(F)c1. The first-order chi connectivity index (χ1) is 6.53. The highest BCUT2D eigenvalue weighted by Gasteiger charge is 2.10. The molecule has 0 atom stereocenters. The minimum Gasteiger partial charge on any atom is -0.382 e. The lowest BCUT2D eigenvalue weighted by Gasteiger charge is -2.04. The average molecular weight is 216 g/mol. The average Bonchev–Trinajstić information content (AvgIpc) is 2.02. The Hall–Kier alpha value is -1.36. The molecule has 0 fully saturated rings. The largest absolute Gasteiger partial charge is 0.382 e. The van der Waals surface area contributed by atoms with Crippen LogP contribution in [-0.2, 0) is 10.1 Å². The maximum atomic E-state index is 12.6. The van der Waals surface area contributed by atoms with Gasteiger partial charge in [-0.1, -0.05) is 12.1 Å². The van der Waals surface area contributed by atoms with E-state index in [0.29, 0.717) is 0 Å². The van der Waals surface area contributed by atoms with Gasteiger partial charge in [0.05, 0.1) is 0 Å². The minimum atomic E-state index is -3.69. The summed E-state index contributed by atoms with van der Waals surface area (Å²) in [5.41, 5.74) is 0. The van der Waals surface area contributed by atoms with E-state index in [-0.39, 0.29) is 11.5 Å². The second-order valence-corrected chi connectivity index (χ2v) is 4.17. The summed E-state index contributed by atoms with van der Waals surface area (Å²) in [6.45, 7) is 3.27. The molecule has 0 aliphatic carbocycles. The fraction of sp³-hybridized carbons (Fsp3) is 0.111. The van der Waals surface area contributed by atoms with Gasteiger partial charge in [0.1, 0.15) is 17.3 Å². The smallest absolute Gasteiger partial charge is 0.312 e. The Morgan fingerprint density at radius 3 is 2.79 bits per heavy atom. The van der Waals surface area contributed by atoms with Crippen molar-refractivity contribution in [1.29, 1.82) is 0 Å². The van der Waals surface area contributed by atoms with Crippen molar-refractivity contribution >= 4 is 10.1 Å². The minimum absolute atomic E-state index is 0.0353. The molecule has 0 saturated heterocycles. The molecule has 0 heterocycles. The lowest BCUT2D eigenvalue weighted by Crippen LogP contribution is -2.11. The van der Waals surface area contributed by atoms with E-state index in [1.807, 2.05) is 0 Å². The third-order valence-electron chi connectivity index (χ3n) is 1.34. The highest BCUT2D eigenvalue weighted by molar-refractivity contribution is 7.87. The summed E-state index contributed by atoms with van der Waals surface area (Å²) in [7, 11) is -3.69. The van der Waals surface area contributed by atoms with Gasteiger partial charge in [-0.3, -0.25) is 0 Å². The fourth-order valence-electron chi connectivity index (χ4n) is 0.844. The summed E-state index contributed by atoms with van der Waals surface area (Å²) in [6, 6.07) is 4.94. The summed E-state index contributed by atoms with van der Waals surface area (Å²) in [5, 5.41) is 0. The molecule has 1 aromatic rings. The fourth-order valence-corrected chi connectivity index (χ4v) is 1.60. The van der Waals surface area contributed by atoms with Crippen molar-refractivity contribution in [2.75, 3.05) is 5.75 Å². The lowest BCUT2D eigenvalue weighted by molar-refractivity contribution is 0.486. The molecule has 1 rings (SSSR count). The van der Waals surface area contributed by atoms with Gasteiger partial charge in [0.25, 0.3) is 0 Å². The number of hydrogen-bond donors (Lipinski definition) is 0. The van der Waals surface area contributed by atoms with Crippen LogP contribution in [0.4, 0.5) is 4.39 Å². The van der Waals surface area contributed by atoms with Crippen LogP contribution in [0.1, 0.15) is 0 Å². The standard InChI is InChI=1S/C9H9FO3S/c1-2-6-14(11,12)13-9-5-3-4-8(10)7-9/h2-5,7H,1,6H2. The molecule has 0 amide bonds. The van der Waals surface area contributed by atoms with Crippen molar-refractivity contribution in [3.05, 3.63) is 42.7 Å². The monoisotopic (exact) mass is 216 g/mol. The van der Waals surface area contributed by atoms with E-state index in [1.165, 1.54) is 24.3 Å². The highest BCUT2D eigenvalue weighted by atomic mass is 32.2. The van der Waals surface area contributed by atoms with Gasteiger partial charge in [0, 0.05) is 6.07 Å². The Morgan fingerprint density at radius 1 is 1.50 bits per heavy atom. The van der Waals surface area contributed by atoms with E-state index in [1.54, 1.807) is 0 Å². The summed E-state index contributed by atoms with van der Waals surface area (Å²) in [5.74, 6) is -0.882. The quantitative estimate of drug-likeness (QED) is 0.568. The van der Waals surface area contributed by atoms with Gasteiger partial charge in [-0.05, 0) is 12.1 Å². The Bertz CT molecular complexity index is 425. The summed E-state index contributed by atoms with van der Waals surface area (Å²) < 4.78 is 39.4. The molecule has 0 N–H and O–H groups in total. The molecule has 3 nitrogen and oxygen atoms in total. The van der Waals surface area contributed by atoms with Crippen LogP contribution in [0.5, 0.6) is 5.75 Å². The van der Waals surface area contributed by atoms with Gasteiger partial charge in [-0.2, -0.15) is 8.42 Å². The maximum Gasteiger partial charge on any atom is 0.312 e. The maximum absolute atomic E-state index is 12.6. The van der Waals surface area contributed by atoms with Crippen LogP contribution in [0.3, 0.4) is 0 Å². The Balaban J connectivity index is 2.84. The van der Waals surface area contributed by atoms with Gasteiger partial charge < -0.3 is 4.18 Å². The molecule has 1 aromatic carbocycles. The molecule has 0 aliphatic heterocycles. The van der Waals surface area contributed by atoms with Crippen LogP contribution in [0.2, 0.25) is 0 Å². The van der Waals surface area contributed by atoms with Gasteiger partial charge in [-0.25, -0.2) is 4.39 Å². The topological polar surface area (TPSA) is 43.4 Å².